The van der Waals surface area contributed by atoms with Crippen molar-refractivity contribution in [2.75, 3.05) is 20.3 Å². The number of aromatic nitrogens is 2. The molecular formula is C13H16N2O3. The molecule has 18 heavy (non-hydrogen) atoms. The smallest absolute Gasteiger partial charge is 0.140 e. The lowest BCUT2D eigenvalue weighted by molar-refractivity contribution is -0.0691. The average Bonchev–Trinajstić information content (AvgIpc) is 2.85. The molecule has 96 valence electrons. The summed E-state index contributed by atoms with van der Waals surface area (Å²) in [5.41, 5.74) is 0.743. The Balaban J connectivity index is 2.13. The van der Waals surface area contributed by atoms with Crippen molar-refractivity contribution >= 4 is 5.65 Å². The molecule has 0 spiro atoms. The number of aliphatic hydroxyl groups is 1. The molecule has 0 amide bonds. The molecule has 3 rings (SSSR count). The van der Waals surface area contributed by atoms with Crippen LogP contribution in [0.1, 0.15) is 18.4 Å². The third kappa shape index (κ3) is 1.76. The lowest BCUT2D eigenvalue weighted by atomic mass is 9.87. The molecule has 0 aliphatic carbocycles. The zero-order valence-corrected chi connectivity index (χ0v) is 10.3. The van der Waals surface area contributed by atoms with Crippen molar-refractivity contribution in [1.29, 1.82) is 0 Å². The van der Waals surface area contributed by atoms with Crippen LogP contribution in [0, 0.1) is 0 Å². The normalized spacial score (nSPS) is 19.0. The summed E-state index contributed by atoms with van der Waals surface area (Å²) in [6, 6.07) is 1.85. The maximum atomic E-state index is 10.8. The monoisotopic (exact) mass is 248 g/mol. The molecule has 0 aromatic carbocycles. The highest BCUT2D eigenvalue weighted by Gasteiger charge is 2.35. The summed E-state index contributed by atoms with van der Waals surface area (Å²) in [5, 5.41) is 10.8. The first kappa shape index (κ1) is 11.5. The highest BCUT2D eigenvalue weighted by atomic mass is 16.5. The Morgan fingerprint density at radius 2 is 2.22 bits per heavy atom. The summed E-state index contributed by atoms with van der Waals surface area (Å²) in [4.78, 5) is 4.21. The van der Waals surface area contributed by atoms with E-state index in [1.807, 2.05) is 22.9 Å². The minimum Gasteiger partial charge on any atom is -0.496 e. The molecular weight excluding hydrogens is 232 g/mol. The fourth-order valence-electron chi connectivity index (χ4n) is 2.44. The summed E-state index contributed by atoms with van der Waals surface area (Å²) in [6.07, 6.45) is 6.66. The van der Waals surface area contributed by atoms with Gasteiger partial charge >= 0.3 is 0 Å². The van der Waals surface area contributed by atoms with Gasteiger partial charge in [0, 0.05) is 56.3 Å². The van der Waals surface area contributed by atoms with E-state index in [2.05, 4.69) is 4.98 Å². The van der Waals surface area contributed by atoms with Gasteiger partial charge in [0.05, 0.1) is 12.7 Å². The predicted molar refractivity (Wildman–Crippen MR) is 65.7 cm³/mol. The Kier molecular flexibility index (Phi) is 2.72. The number of fused-ring (bicyclic) bond motifs is 1. The van der Waals surface area contributed by atoms with E-state index in [1.54, 1.807) is 13.3 Å². The molecule has 5 heteroatoms. The SMILES string of the molecule is COc1cc2nccn2cc1C1(O)CCOCC1. The van der Waals surface area contributed by atoms with Crippen LogP contribution < -0.4 is 4.74 Å². The summed E-state index contributed by atoms with van der Waals surface area (Å²) >= 11 is 0. The standard InChI is InChI=1S/C13H16N2O3/c1-17-11-8-12-14-4-5-15(12)9-10(11)13(16)2-6-18-7-3-13/h4-5,8-9,16H,2-3,6-7H2,1H3. The summed E-state index contributed by atoms with van der Waals surface area (Å²) in [7, 11) is 1.61. The molecule has 0 atom stereocenters. The van der Waals surface area contributed by atoms with Crippen molar-refractivity contribution in [2.24, 2.45) is 0 Å². The summed E-state index contributed by atoms with van der Waals surface area (Å²) in [6.45, 7) is 1.14. The van der Waals surface area contributed by atoms with Gasteiger partial charge in [-0.25, -0.2) is 4.98 Å². The number of ether oxygens (including phenoxy) is 2. The first-order valence-corrected chi connectivity index (χ1v) is 6.04. The molecule has 1 fully saturated rings. The first-order chi connectivity index (χ1) is 8.73. The van der Waals surface area contributed by atoms with Crippen LogP contribution in [0.4, 0.5) is 0 Å². The maximum Gasteiger partial charge on any atom is 0.140 e. The van der Waals surface area contributed by atoms with Crippen molar-refractivity contribution in [3.8, 4) is 5.75 Å². The molecule has 2 aromatic rings. The molecule has 0 radical (unpaired) electrons. The fourth-order valence-corrected chi connectivity index (χ4v) is 2.44. The van der Waals surface area contributed by atoms with Crippen LogP contribution in [0.2, 0.25) is 0 Å². The van der Waals surface area contributed by atoms with Crippen LogP contribution in [-0.2, 0) is 10.3 Å². The Morgan fingerprint density at radius 1 is 1.44 bits per heavy atom. The molecule has 1 aliphatic heterocycles. The van der Waals surface area contributed by atoms with Crippen LogP contribution in [-0.4, -0.2) is 34.8 Å². The van der Waals surface area contributed by atoms with Crippen LogP contribution in [0.25, 0.3) is 5.65 Å². The number of hydrogen-bond acceptors (Lipinski definition) is 4. The van der Waals surface area contributed by atoms with E-state index in [0.717, 1.165) is 11.2 Å². The van der Waals surface area contributed by atoms with Gasteiger partial charge in [-0.1, -0.05) is 0 Å². The lowest BCUT2D eigenvalue weighted by Gasteiger charge is -2.33. The molecule has 1 N–H and O–H groups in total. The average molecular weight is 248 g/mol. The van der Waals surface area contributed by atoms with E-state index >= 15 is 0 Å². The Labute approximate surface area is 105 Å². The van der Waals surface area contributed by atoms with E-state index in [1.165, 1.54) is 0 Å². The Bertz CT molecular complexity index is 558. The molecule has 1 saturated heterocycles. The van der Waals surface area contributed by atoms with Crippen LogP contribution >= 0.6 is 0 Å². The first-order valence-electron chi connectivity index (χ1n) is 6.04. The molecule has 1 aliphatic rings. The largest absolute Gasteiger partial charge is 0.496 e. The van der Waals surface area contributed by atoms with Gasteiger partial charge in [0.15, 0.2) is 0 Å². The highest BCUT2D eigenvalue weighted by molar-refractivity contribution is 5.50. The van der Waals surface area contributed by atoms with Crippen LogP contribution in [0.15, 0.2) is 24.7 Å². The third-order valence-electron chi connectivity index (χ3n) is 3.53. The van der Waals surface area contributed by atoms with E-state index in [0.29, 0.717) is 31.8 Å². The minimum atomic E-state index is -0.873. The molecule has 3 heterocycles. The Morgan fingerprint density at radius 3 is 2.94 bits per heavy atom. The summed E-state index contributed by atoms with van der Waals surface area (Å²) in [5.74, 6) is 0.679. The molecule has 0 bridgehead atoms. The van der Waals surface area contributed by atoms with Gasteiger partial charge in [-0.2, -0.15) is 0 Å². The minimum absolute atomic E-state index is 0.571. The van der Waals surface area contributed by atoms with E-state index in [-0.39, 0.29) is 0 Å². The highest BCUT2D eigenvalue weighted by Crippen LogP contribution is 2.37. The van der Waals surface area contributed by atoms with Gasteiger partial charge in [0.2, 0.25) is 0 Å². The topological polar surface area (TPSA) is 56.0 Å². The molecule has 5 nitrogen and oxygen atoms in total. The Hall–Kier alpha value is -1.59. The molecule has 0 unspecified atom stereocenters. The van der Waals surface area contributed by atoms with Gasteiger partial charge in [-0.05, 0) is 0 Å². The predicted octanol–water partition coefficient (Wildman–Crippen LogP) is 1.34. The van der Waals surface area contributed by atoms with Crippen LogP contribution in [0.3, 0.4) is 0 Å². The lowest BCUT2D eigenvalue weighted by Crippen LogP contribution is -2.34. The van der Waals surface area contributed by atoms with Gasteiger partial charge in [-0.3, -0.25) is 0 Å². The van der Waals surface area contributed by atoms with Crippen molar-refractivity contribution in [3.05, 3.63) is 30.2 Å². The molecule has 0 saturated carbocycles. The number of rotatable bonds is 2. The van der Waals surface area contributed by atoms with E-state index in [4.69, 9.17) is 9.47 Å². The van der Waals surface area contributed by atoms with Gasteiger partial charge in [-0.15, -0.1) is 0 Å². The summed E-state index contributed by atoms with van der Waals surface area (Å²) < 4.78 is 12.6. The van der Waals surface area contributed by atoms with E-state index in [9.17, 15) is 5.11 Å². The zero-order chi connectivity index (χ0) is 12.6. The van der Waals surface area contributed by atoms with Crippen molar-refractivity contribution in [1.82, 2.24) is 9.38 Å². The number of hydrogen-bond donors (Lipinski definition) is 1. The zero-order valence-electron chi connectivity index (χ0n) is 10.3. The second-order valence-corrected chi connectivity index (χ2v) is 4.59. The van der Waals surface area contributed by atoms with Crippen molar-refractivity contribution < 1.29 is 14.6 Å². The quantitative estimate of drug-likeness (QED) is 0.871. The molecule has 2 aromatic heterocycles. The number of nitrogens with zero attached hydrogens (tertiary/aromatic N) is 2. The fraction of sp³-hybridized carbons (Fsp3) is 0.462. The number of pyridine rings is 1. The second-order valence-electron chi connectivity index (χ2n) is 4.59. The number of imidazole rings is 1. The van der Waals surface area contributed by atoms with Crippen molar-refractivity contribution in [2.45, 2.75) is 18.4 Å². The van der Waals surface area contributed by atoms with Gasteiger partial charge in [0.25, 0.3) is 0 Å². The second kappa shape index (κ2) is 4.26. The maximum absolute atomic E-state index is 10.8. The van der Waals surface area contributed by atoms with Gasteiger partial charge < -0.3 is 19.0 Å². The van der Waals surface area contributed by atoms with Crippen molar-refractivity contribution in [3.63, 3.8) is 0 Å². The number of methoxy groups -OCH3 is 1. The van der Waals surface area contributed by atoms with Gasteiger partial charge in [0.1, 0.15) is 11.4 Å². The third-order valence-corrected chi connectivity index (χ3v) is 3.53. The van der Waals surface area contributed by atoms with Crippen LogP contribution in [0.5, 0.6) is 5.75 Å². The van der Waals surface area contributed by atoms with E-state index < -0.39 is 5.60 Å².